The average Bonchev–Trinajstić information content (AvgIpc) is 3.13. The predicted octanol–water partition coefficient (Wildman–Crippen LogP) is 2.25. The largest absolute Gasteiger partial charge is 0.311 e. The van der Waals surface area contributed by atoms with Crippen molar-refractivity contribution < 1.29 is 4.79 Å². The molecule has 1 aromatic carbocycles. The molecule has 7 heteroatoms. The predicted molar refractivity (Wildman–Crippen MR) is 105 cm³/mol. The van der Waals surface area contributed by atoms with Crippen molar-refractivity contribution >= 4 is 22.6 Å². The Morgan fingerprint density at radius 3 is 2.67 bits per heavy atom. The van der Waals surface area contributed by atoms with Gasteiger partial charge in [0.25, 0.3) is 11.5 Å². The molecule has 0 atom stereocenters. The fraction of sp³-hybridized carbons (Fsp3) is 0.350. The van der Waals surface area contributed by atoms with E-state index >= 15 is 0 Å². The summed E-state index contributed by atoms with van der Waals surface area (Å²) in [6.45, 7) is 2.01. The minimum Gasteiger partial charge on any atom is -0.311 e. The highest BCUT2D eigenvalue weighted by molar-refractivity contribution is 6.05. The molecule has 0 aliphatic carbocycles. The normalized spacial score (nSPS) is 15.9. The molecular formula is C20H23N5O2. The van der Waals surface area contributed by atoms with Gasteiger partial charge in [-0.25, -0.2) is 4.68 Å². The molecule has 1 N–H and O–H groups in total. The van der Waals surface area contributed by atoms with E-state index in [2.05, 4.69) is 22.4 Å². The molecule has 7 nitrogen and oxygen atoms in total. The highest BCUT2D eigenvalue weighted by Gasteiger charge is 2.22. The van der Waals surface area contributed by atoms with Crippen LogP contribution in [-0.4, -0.2) is 45.3 Å². The van der Waals surface area contributed by atoms with Gasteiger partial charge in [-0.05, 0) is 50.5 Å². The van der Waals surface area contributed by atoms with Gasteiger partial charge in [-0.2, -0.15) is 5.10 Å². The highest BCUT2D eigenvalue weighted by Crippen LogP contribution is 2.25. The number of fused-ring (bicyclic) bond motifs is 1. The molecule has 0 saturated carbocycles. The second-order valence-electron chi connectivity index (χ2n) is 7.13. The number of aryl methyl sites for hydroxylation is 1. The monoisotopic (exact) mass is 365 g/mol. The van der Waals surface area contributed by atoms with E-state index in [0.717, 1.165) is 36.8 Å². The van der Waals surface area contributed by atoms with E-state index in [1.807, 2.05) is 28.9 Å². The average molecular weight is 365 g/mol. The Bertz CT molecular complexity index is 1040. The molecular weight excluding hydrogens is 342 g/mol. The number of pyridine rings is 1. The van der Waals surface area contributed by atoms with Gasteiger partial charge in [-0.1, -0.05) is 18.2 Å². The zero-order valence-electron chi connectivity index (χ0n) is 15.6. The maximum Gasteiger partial charge on any atom is 0.263 e. The van der Waals surface area contributed by atoms with Gasteiger partial charge in [0.05, 0.1) is 17.8 Å². The Hall–Kier alpha value is -2.93. The Balaban J connectivity index is 1.63. The van der Waals surface area contributed by atoms with Crippen LogP contribution in [0.5, 0.6) is 0 Å². The van der Waals surface area contributed by atoms with Gasteiger partial charge in [0, 0.05) is 13.1 Å². The van der Waals surface area contributed by atoms with Crippen molar-refractivity contribution in [3.8, 4) is 0 Å². The number of anilines is 1. The lowest BCUT2D eigenvalue weighted by molar-refractivity contribution is 0.102. The van der Waals surface area contributed by atoms with Gasteiger partial charge in [-0.3, -0.25) is 9.59 Å². The van der Waals surface area contributed by atoms with E-state index in [9.17, 15) is 9.59 Å². The summed E-state index contributed by atoms with van der Waals surface area (Å²) in [6.07, 6.45) is 3.66. The van der Waals surface area contributed by atoms with Crippen LogP contribution >= 0.6 is 0 Å². The van der Waals surface area contributed by atoms with Gasteiger partial charge in [0.15, 0.2) is 0 Å². The first-order valence-electron chi connectivity index (χ1n) is 9.17. The van der Waals surface area contributed by atoms with Crippen LogP contribution in [-0.2, 0) is 7.05 Å². The molecule has 1 fully saturated rings. The van der Waals surface area contributed by atoms with Crippen LogP contribution in [0.4, 0.5) is 5.82 Å². The van der Waals surface area contributed by atoms with Crippen molar-refractivity contribution in [2.45, 2.75) is 18.9 Å². The third-order valence-electron chi connectivity index (χ3n) is 5.32. The SMILES string of the molecule is CN1CCC(n2nccc2NC(=O)c2cc3ccccc3n(C)c2=O)CC1. The molecule has 4 rings (SSSR count). The lowest BCUT2D eigenvalue weighted by atomic mass is 10.1. The summed E-state index contributed by atoms with van der Waals surface area (Å²) in [5.74, 6) is 0.223. The van der Waals surface area contributed by atoms with Crippen LogP contribution in [0.2, 0.25) is 0 Å². The van der Waals surface area contributed by atoms with Crippen molar-refractivity contribution in [3.05, 3.63) is 58.5 Å². The molecule has 0 spiro atoms. The molecule has 1 aliphatic rings. The number of amides is 1. The number of carbonyl (C=O) groups excluding carboxylic acids is 1. The lowest BCUT2D eigenvalue weighted by Gasteiger charge is -2.30. The first kappa shape index (κ1) is 17.5. The summed E-state index contributed by atoms with van der Waals surface area (Å²) in [6, 6.07) is 11.2. The van der Waals surface area contributed by atoms with Crippen molar-refractivity contribution in [1.82, 2.24) is 19.2 Å². The molecule has 0 bridgehead atoms. The van der Waals surface area contributed by atoms with Crippen LogP contribution in [0.15, 0.2) is 47.4 Å². The van der Waals surface area contributed by atoms with E-state index in [-0.39, 0.29) is 17.2 Å². The number of piperidine rings is 1. The molecule has 0 unspecified atom stereocenters. The summed E-state index contributed by atoms with van der Waals surface area (Å²) in [5, 5.41) is 8.14. The zero-order chi connectivity index (χ0) is 19.0. The number of aromatic nitrogens is 3. The summed E-state index contributed by atoms with van der Waals surface area (Å²) >= 11 is 0. The molecule has 27 heavy (non-hydrogen) atoms. The van der Waals surface area contributed by atoms with Gasteiger partial charge in [0.1, 0.15) is 11.4 Å². The van der Waals surface area contributed by atoms with Crippen LogP contribution in [0.3, 0.4) is 0 Å². The van der Waals surface area contributed by atoms with E-state index in [0.29, 0.717) is 5.82 Å². The summed E-state index contributed by atoms with van der Waals surface area (Å²) < 4.78 is 3.38. The van der Waals surface area contributed by atoms with Crippen molar-refractivity contribution in [1.29, 1.82) is 0 Å². The molecule has 3 aromatic rings. The Morgan fingerprint density at radius 2 is 1.89 bits per heavy atom. The second-order valence-corrected chi connectivity index (χ2v) is 7.13. The number of nitrogens with one attached hydrogen (secondary N) is 1. The molecule has 1 saturated heterocycles. The molecule has 140 valence electrons. The Labute approximate surface area is 157 Å². The van der Waals surface area contributed by atoms with Gasteiger partial charge in [0.2, 0.25) is 0 Å². The number of nitrogens with zero attached hydrogens (tertiary/aromatic N) is 4. The topological polar surface area (TPSA) is 72.2 Å². The molecule has 2 aromatic heterocycles. The molecule has 1 amide bonds. The number of hydrogen-bond donors (Lipinski definition) is 1. The molecule has 1 aliphatic heterocycles. The first-order chi connectivity index (χ1) is 13.0. The van der Waals surface area contributed by atoms with Crippen molar-refractivity contribution in [3.63, 3.8) is 0 Å². The van der Waals surface area contributed by atoms with Gasteiger partial charge >= 0.3 is 0 Å². The standard InChI is InChI=1S/C20H23N5O2/c1-23-11-8-15(9-12-23)25-18(7-10-21-25)22-19(26)16-13-14-5-3-4-6-17(14)24(2)20(16)27/h3-7,10,13,15H,8-9,11-12H2,1-2H3,(H,22,26). The lowest BCUT2D eigenvalue weighted by Crippen LogP contribution is -2.33. The number of benzene rings is 1. The Morgan fingerprint density at radius 1 is 1.15 bits per heavy atom. The quantitative estimate of drug-likeness (QED) is 0.773. The number of likely N-dealkylation sites (tertiary alicyclic amines) is 1. The van der Waals surface area contributed by atoms with Crippen LogP contribution in [0, 0.1) is 0 Å². The van der Waals surface area contributed by atoms with Crippen molar-refractivity contribution in [2.24, 2.45) is 7.05 Å². The summed E-state index contributed by atoms with van der Waals surface area (Å²) in [7, 11) is 3.79. The van der Waals surface area contributed by atoms with E-state index in [1.165, 1.54) is 4.57 Å². The van der Waals surface area contributed by atoms with E-state index in [4.69, 9.17) is 0 Å². The molecule has 3 heterocycles. The Kier molecular flexibility index (Phi) is 4.53. The second kappa shape index (κ2) is 7.00. The fourth-order valence-electron chi connectivity index (χ4n) is 3.71. The maximum absolute atomic E-state index is 12.8. The van der Waals surface area contributed by atoms with Gasteiger partial charge < -0.3 is 14.8 Å². The maximum atomic E-state index is 12.8. The third kappa shape index (κ3) is 3.26. The minimum absolute atomic E-state index is 0.132. The first-order valence-corrected chi connectivity index (χ1v) is 9.17. The van der Waals surface area contributed by atoms with E-state index < -0.39 is 5.91 Å². The van der Waals surface area contributed by atoms with E-state index in [1.54, 1.807) is 25.4 Å². The fourth-order valence-corrected chi connectivity index (χ4v) is 3.71. The van der Waals surface area contributed by atoms with Crippen LogP contribution in [0.25, 0.3) is 10.9 Å². The molecule has 0 radical (unpaired) electrons. The number of rotatable bonds is 3. The number of hydrogen-bond acceptors (Lipinski definition) is 4. The number of carbonyl (C=O) groups is 1. The van der Waals surface area contributed by atoms with Crippen molar-refractivity contribution in [2.75, 3.05) is 25.5 Å². The van der Waals surface area contributed by atoms with Crippen LogP contribution < -0.4 is 10.9 Å². The minimum atomic E-state index is -0.406. The highest BCUT2D eigenvalue weighted by atomic mass is 16.2. The zero-order valence-corrected chi connectivity index (χ0v) is 15.6. The van der Waals surface area contributed by atoms with Gasteiger partial charge in [-0.15, -0.1) is 0 Å². The smallest absolute Gasteiger partial charge is 0.263 e. The third-order valence-corrected chi connectivity index (χ3v) is 5.32. The van der Waals surface area contributed by atoms with Crippen LogP contribution in [0.1, 0.15) is 29.2 Å². The summed E-state index contributed by atoms with van der Waals surface area (Å²) in [4.78, 5) is 27.8. The number of para-hydroxylation sites is 1. The summed E-state index contributed by atoms with van der Waals surface area (Å²) in [5.41, 5.74) is 0.624.